The molecule has 1 aliphatic heterocycles. The highest BCUT2D eigenvalue weighted by molar-refractivity contribution is 5.80. The van der Waals surface area contributed by atoms with Gasteiger partial charge in [0.2, 0.25) is 11.9 Å². The lowest BCUT2D eigenvalue weighted by molar-refractivity contribution is -0.136. The molecule has 1 N–H and O–H groups in total. The Morgan fingerprint density at radius 1 is 1.30 bits per heavy atom. The topological polar surface area (TPSA) is 78.0 Å². The van der Waals surface area contributed by atoms with Crippen molar-refractivity contribution in [1.82, 2.24) is 25.1 Å². The average molecular weight is 366 g/mol. The van der Waals surface area contributed by atoms with E-state index >= 15 is 0 Å². The number of nitrogens with one attached hydrogen (secondary N) is 1. The van der Waals surface area contributed by atoms with Gasteiger partial charge in [0.15, 0.2) is 0 Å². The molecule has 4 rings (SSSR count). The Balaban J connectivity index is 1.62. The Morgan fingerprint density at radius 3 is 2.96 bits per heavy atom. The fourth-order valence-corrected chi connectivity index (χ4v) is 4.05. The average Bonchev–Trinajstić information content (AvgIpc) is 3.37. The van der Waals surface area contributed by atoms with Crippen molar-refractivity contribution in [2.75, 3.05) is 25.5 Å². The highest BCUT2D eigenvalue weighted by atomic mass is 16.2. The summed E-state index contributed by atoms with van der Waals surface area (Å²) < 4.78 is 0. The van der Waals surface area contributed by atoms with E-state index in [1.807, 2.05) is 25.1 Å². The summed E-state index contributed by atoms with van der Waals surface area (Å²) in [6, 6.07) is 1.94. The number of hydrogen-bond donors (Lipinski definition) is 1. The van der Waals surface area contributed by atoms with E-state index in [4.69, 9.17) is 0 Å². The molecule has 1 aliphatic carbocycles. The van der Waals surface area contributed by atoms with E-state index in [0.29, 0.717) is 5.95 Å². The number of amides is 1. The number of rotatable bonds is 4. The van der Waals surface area contributed by atoms with Crippen LogP contribution in [0.15, 0.2) is 30.6 Å². The SMILES string of the molecule is CN(C)c1nccc(-c2cn[nH]c2[C@H]2CCCN2C(=O)[C@@H]2CC=CCC2)n1. The van der Waals surface area contributed by atoms with Gasteiger partial charge in [0.1, 0.15) is 0 Å². The molecule has 1 amide bonds. The molecule has 0 aromatic carbocycles. The van der Waals surface area contributed by atoms with E-state index in [-0.39, 0.29) is 17.9 Å². The summed E-state index contributed by atoms with van der Waals surface area (Å²) in [5.74, 6) is 1.05. The van der Waals surface area contributed by atoms with E-state index in [1.165, 1.54) is 0 Å². The second kappa shape index (κ2) is 7.50. The molecule has 3 heterocycles. The van der Waals surface area contributed by atoms with Crippen molar-refractivity contribution in [1.29, 1.82) is 0 Å². The molecule has 2 aromatic heterocycles. The van der Waals surface area contributed by atoms with Crippen LogP contribution >= 0.6 is 0 Å². The van der Waals surface area contributed by atoms with Gasteiger partial charge in [-0.05, 0) is 38.2 Å². The Bertz CT molecular complexity index is 843. The van der Waals surface area contributed by atoms with Gasteiger partial charge in [0, 0.05) is 38.3 Å². The highest BCUT2D eigenvalue weighted by Gasteiger charge is 2.36. The van der Waals surface area contributed by atoms with Gasteiger partial charge in [-0.2, -0.15) is 5.10 Å². The largest absolute Gasteiger partial charge is 0.347 e. The van der Waals surface area contributed by atoms with Crippen LogP contribution in [0.4, 0.5) is 5.95 Å². The summed E-state index contributed by atoms with van der Waals surface area (Å²) in [7, 11) is 3.84. The van der Waals surface area contributed by atoms with E-state index < -0.39 is 0 Å². The molecule has 142 valence electrons. The van der Waals surface area contributed by atoms with Gasteiger partial charge in [-0.3, -0.25) is 9.89 Å². The number of aromatic amines is 1. The molecular formula is C20H26N6O. The third-order valence-electron chi connectivity index (χ3n) is 5.48. The number of H-pyrrole nitrogens is 1. The number of nitrogens with zero attached hydrogens (tertiary/aromatic N) is 5. The molecule has 27 heavy (non-hydrogen) atoms. The van der Waals surface area contributed by atoms with Gasteiger partial charge >= 0.3 is 0 Å². The van der Waals surface area contributed by atoms with Gasteiger partial charge in [0.25, 0.3) is 0 Å². The van der Waals surface area contributed by atoms with Crippen LogP contribution in [0.2, 0.25) is 0 Å². The molecule has 7 nitrogen and oxygen atoms in total. The van der Waals surface area contributed by atoms with E-state index in [1.54, 1.807) is 12.4 Å². The van der Waals surface area contributed by atoms with Crippen molar-refractivity contribution in [2.45, 2.75) is 38.1 Å². The molecule has 0 bridgehead atoms. The summed E-state index contributed by atoms with van der Waals surface area (Å²) in [5.41, 5.74) is 2.77. The molecule has 1 fully saturated rings. The number of carbonyl (C=O) groups is 1. The van der Waals surface area contributed by atoms with Crippen molar-refractivity contribution < 1.29 is 4.79 Å². The second-order valence-corrected chi connectivity index (χ2v) is 7.50. The minimum absolute atomic E-state index is 0.0404. The quantitative estimate of drug-likeness (QED) is 0.842. The monoisotopic (exact) mass is 366 g/mol. The smallest absolute Gasteiger partial charge is 0.226 e. The van der Waals surface area contributed by atoms with Crippen LogP contribution in [0.1, 0.15) is 43.8 Å². The Kier molecular flexibility index (Phi) is 4.92. The fourth-order valence-electron chi connectivity index (χ4n) is 4.05. The first-order chi connectivity index (χ1) is 13.1. The molecule has 2 aromatic rings. The van der Waals surface area contributed by atoms with Crippen LogP contribution in [-0.4, -0.2) is 51.6 Å². The third-order valence-corrected chi connectivity index (χ3v) is 5.48. The maximum absolute atomic E-state index is 13.1. The molecule has 0 spiro atoms. The van der Waals surface area contributed by atoms with Crippen LogP contribution in [0, 0.1) is 5.92 Å². The molecular weight excluding hydrogens is 340 g/mol. The van der Waals surface area contributed by atoms with Crippen LogP contribution in [0.5, 0.6) is 0 Å². The fraction of sp³-hybridized carbons (Fsp3) is 0.500. The minimum Gasteiger partial charge on any atom is -0.347 e. The van der Waals surface area contributed by atoms with Crippen molar-refractivity contribution in [2.24, 2.45) is 5.92 Å². The number of carbonyl (C=O) groups excluding carboxylic acids is 1. The van der Waals surface area contributed by atoms with Gasteiger partial charge in [-0.15, -0.1) is 0 Å². The molecule has 2 aliphatic rings. The standard InChI is InChI=1S/C20H26N6O/c1-25(2)20-21-11-10-16(23-20)15-13-22-24-18(15)17-9-6-12-26(17)19(27)14-7-4-3-5-8-14/h3-4,10-11,13-14,17H,5-9,12H2,1-2H3,(H,22,24)/t14-,17-/m1/s1. The summed E-state index contributed by atoms with van der Waals surface area (Å²) in [6.07, 6.45) is 12.7. The number of hydrogen-bond acceptors (Lipinski definition) is 5. The van der Waals surface area contributed by atoms with E-state index in [0.717, 1.165) is 55.6 Å². The highest BCUT2D eigenvalue weighted by Crippen LogP contribution is 2.38. The maximum Gasteiger partial charge on any atom is 0.226 e. The molecule has 0 radical (unpaired) electrons. The molecule has 0 unspecified atom stereocenters. The summed E-state index contributed by atoms with van der Waals surface area (Å²) in [6.45, 7) is 0.814. The van der Waals surface area contributed by atoms with Gasteiger partial charge in [0.05, 0.1) is 23.6 Å². The van der Waals surface area contributed by atoms with E-state index in [2.05, 4.69) is 37.2 Å². The summed E-state index contributed by atoms with van der Waals surface area (Å²) in [5, 5.41) is 7.43. The number of aromatic nitrogens is 4. The first-order valence-corrected chi connectivity index (χ1v) is 9.64. The first kappa shape index (κ1) is 17.7. The maximum atomic E-state index is 13.1. The zero-order chi connectivity index (χ0) is 18.8. The normalized spacial score (nSPS) is 22.2. The zero-order valence-corrected chi connectivity index (χ0v) is 15.9. The van der Waals surface area contributed by atoms with Gasteiger partial charge in [-0.25, -0.2) is 9.97 Å². The lowest BCUT2D eigenvalue weighted by atomic mass is 9.92. The molecule has 0 saturated carbocycles. The van der Waals surface area contributed by atoms with Crippen molar-refractivity contribution >= 4 is 11.9 Å². The Morgan fingerprint density at radius 2 is 2.19 bits per heavy atom. The first-order valence-electron chi connectivity index (χ1n) is 9.64. The Hall–Kier alpha value is -2.70. The molecule has 7 heteroatoms. The molecule has 2 atom stereocenters. The molecule has 1 saturated heterocycles. The Labute approximate surface area is 159 Å². The van der Waals surface area contributed by atoms with E-state index in [9.17, 15) is 4.79 Å². The van der Waals surface area contributed by atoms with Crippen molar-refractivity contribution in [3.63, 3.8) is 0 Å². The van der Waals surface area contributed by atoms with Crippen molar-refractivity contribution in [3.8, 4) is 11.3 Å². The number of allylic oxidation sites excluding steroid dienone is 2. The number of anilines is 1. The predicted molar refractivity (Wildman–Crippen MR) is 104 cm³/mol. The number of likely N-dealkylation sites (tertiary alicyclic amines) is 1. The van der Waals surface area contributed by atoms with Crippen LogP contribution in [-0.2, 0) is 4.79 Å². The van der Waals surface area contributed by atoms with Crippen LogP contribution < -0.4 is 4.90 Å². The second-order valence-electron chi connectivity index (χ2n) is 7.50. The van der Waals surface area contributed by atoms with Gasteiger partial charge in [-0.1, -0.05) is 12.2 Å². The van der Waals surface area contributed by atoms with Crippen molar-refractivity contribution in [3.05, 3.63) is 36.3 Å². The van der Waals surface area contributed by atoms with Crippen LogP contribution in [0.3, 0.4) is 0 Å². The lowest BCUT2D eigenvalue weighted by Gasteiger charge is -2.29. The predicted octanol–water partition coefficient (Wildman–Crippen LogP) is 2.95. The third kappa shape index (κ3) is 3.46. The summed E-state index contributed by atoms with van der Waals surface area (Å²) >= 11 is 0. The van der Waals surface area contributed by atoms with Gasteiger partial charge < -0.3 is 9.80 Å². The lowest BCUT2D eigenvalue weighted by Crippen LogP contribution is -2.36. The zero-order valence-electron chi connectivity index (χ0n) is 15.9. The van der Waals surface area contributed by atoms with Crippen LogP contribution in [0.25, 0.3) is 11.3 Å². The summed E-state index contributed by atoms with van der Waals surface area (Å²) in [4.78, 5) is 26.0. The minimum atomic E-state index is 0.0404.